The van der Waals surface area contributed by atoms with Crippen molar-refractivity contribution >= 4 is 5.91 Å². The highest BCUT2D eigenvalue weighted by Crippen LogP contribution is 2.30. The van der Waals surface area contributed by atoms with Crippen molar-refractivity contribution in [3.05, 3.63) is 17.0 Å². The molecule has 0 aliphatic heterocycles. The molecule has 1 heterocycles. The summed E-state index contributed by atoms with van der Waals surface area (Å²) in [6.45, 7) is 9.51. The maximum Gasteiger partial charge on any atom is 0.224 e. The molecule has 0 spiro atoms. The number of carbonyl (C=O) groups is 1. The minimum atomic E-state index is -0.665. The van der Waals surface area contributed by atoms with Crippen LogP contribution in [0.25, 0.3) is 0 Å². The number of rotatable bonds is 6. The Morgan fingerprint density at radius 3 is 2.62 bits per heavy atom. The van der Waals surface area contributed by atoms with Gasteiger partial charge in [-0.3, -0.25) is 9.48 Å². The van der Waals surface area contributed by atoms with Crippen LogP contribution in [0.5, 0.6) is 0 Å². The van der Waals surface area contributed by atoms with Gasteiger partial charge in [-0.1, -0.05) is 13.8 Å². The van der Waals surface area contributed by atoms with Gasteiger partial charge in [0.2, 0.25) is 5.91 Å². The van der Waals surface area contributed by atoms with Crippen LogP contribution < -0.4 is 5.32 Å². The van der Waals surface area contributed by atoms with Crippen LogP contribution in [0.4, 0.5) is 0 Å². The van der Waals surface area contributed by atoms with E-state index in [1.165, 1.54) is 0 Å². The van der Waals surface area contributed by atoms with Crippen molar-refractivity contribution in [3.63, 3.8) is 0 Å². The Kier molecular flexibility index (Phi) is 4.71. The van der Waals surface area contributed by atoms with Gasteiger partial charge in [0.15, 0.2) is 0 Å². The Morgan fingerprint density at radius 2 is 2.10 bits per heavy atom. The molecule has 5 heteroatoms. The fourth-order valence-electron chi connectivity index (χ4n) is 2.76. The van der Waals surface area contributed by atoms with Crippen molar-refractivity contribution in [1.29, 1.82) is 0 Å². The zero-order chi connectivity index (χ0) is 15.6. The molecule has 1 fully saturated rings. The summed E-state index contributed by atoms with van der Waals surface area (Å²) in [5, 5.41) is 17.4. The highest BCUT2D eigenvalue weighted by atomic mass is 16.3. The van der Waals surface area contributed by atoms with Gasteiger partial charge >= 0.3 is 0 Å². The van der Waals surface area contributed by atoms with E-state index in [1.54, 1.807) is 0 Å². The molecule has 0 unspecified atom stereocenters. The van der Waals surface area contributed by atoms with E-state index in [1.807, 2.05) is 18.5 Å². The van der Waals surface area contributed by atoms with Crippen molar-refractivity contribution in [1.82, 2.24) is 15.1 Å². The number of amides is 1. The third kappa shape index (κ3) is 3.84. The molecule has 5 nitrogen and oxygen atoms in total. The lowest BCUT2D eigenvalue weighted by Gasteiger charge is -2.36. The summed E-state index contributed by atoms with van der Waals surface area (Å²) < 4.78 is 1.99. The van der Waals surface area contributed by atoms with E-state index < -0.39 is 5.60 Å². The van der Waals surface area contributed by atoms with Crippen LogP contribution in [-0.2, 0) is 17.8 Å². The van der Waals surface area contributed by atoms with E-state index in [-0.39, 0.29) is 5.91 Å². The first-order valence-corrected chi connectivity index (χ1v) is 7.83. The summed E-state index contributed by atoms with van der Waals surface area (Å²) in [5.74, 6) is 0.489. The molecule has 1 aliphatic rings. The lowest BCUT2D eigenvalue weighted by Crippen LogP contribution is -2.48. The number of aryl methyl sites for hydroxylation is 1. The molecule has 1 aliphatic carbocycles. The largest absolute Gasteiger partial charge is 0.388 e. The molecular formula is C16H27N3O2. The van der Waals surface area contributed by atoms with Gasteiger partial charge in [-0.25, -0.2) is 0 Å². The summed E-state index contributed by atoms with van der Waals surface area (Å²) in [6, 6.07) is 0. The van der Waals surface area contributed by atoms with Crippen molar-refractivity contribution in [2.24, 2.45) is 5.92 Å². The summed E-state index contributed by atoms with van der Waals surface area (Å²) >= 11 is 0. The summed E-state index contributed by atoms with van der Waals surface area (Å²) in [4.78, 5) is 12.1. The third-order valence-electron chi connectivity index (χ3n) is 4.31. The number of nitrogens with zero attached hydrogens (tertiary/aromatic N) is 2. The molecule has 1 aromatic heterocycles. The second-order valence-corrected chi connectivity index (χ2v) is 6.76. The standard InChI is InChI=1S/C16H27N3O2/c1-11(2)9-19-13(4)14(12(3)18-19)8-15(20)17-10-16(21)6-5-7-16/h11,21H,5-10H2,1-4H3,(H,17,20). The quantitative estimate of drug-likeness (QED) is 0.839. The number of hydrogen-bond donors (Lipinski definition) is 2. The minimum absolute atomic E-state index is 0.0365. The maximum absolute atomic E-state index is 12.1. The number of hydrogen-bond acceptors (Lipinski definition) is 3. The van der Waals surface area contributed by atoms with Crippen LogP contribution in [0.15, 0.2) is 0 Å². The van der Waals surface area contributed by atoms with E-state index in [9.17, 15) is 9.90 Å². The first-order valence-electron chi connectivity index (χ1n) is 7.83. The number of aliphatic hydroxyl groups is 1. The van der Waals surface area contributed by atoms with E-state index in [4.69, 9.17) is 0 Å². The molecule has 118 valence electrons. The van der Waals surface area contributed by atoms with Crippen molar-refractivity contribution in [2.75, 3.05) is 6.54 Å². The zero-order valence-corrected chi connectivity index (χ0v) is 13.6. The molecule has 0 saturated heterocycles. The highest BCUT2D eigenvalue weighted by molar-refractivity contribution is 5.79. The van der Waals surface area contributed by atoms with Crippen LogP contribution in [0.3, 0.4) is 0 Å². The topological polar surface area (TPSA) is 67.2 Å². The second kappa shape index (κ2) is 6.18. The Balaban J connectivity index is 1.95. The predicted molar refractivity (Wildman–Crippen MR) is 82.1 cm³/mol. The number of carbonyl (C=O) groups excluding carboxylic acids is 1. The zero-order valence-electron chi connectivity index (χ0n) is 13.6. The van der Waals surface area contributed by atoms with E-state index in [2.05, 4.69) is 24.3 Å². The van der Waals surface area contributed by atoms with Crippen molar-refractivity contribution in [3.8, 4) is 0 Å². The lowest BCUT2D eigenvalue weighted by atomic mass is 9.80. The molecular weight excluding hydrogens is 266 g/mol. The normalized spacial score (nSPS) is 16.9. The van der Waals surface area contributed by atoms with Crippen LogP contribution in [-0.4, -0.2) is 32.9 Å². The molecule has 0 atom stereocenters. The molecule has 0 aromatic carbocycles. The Bertz CT molecular complexity index is 516. The van der Waals surface area contributed by atoms with Gasteiger partial charge in [0.05, 0.1) is 17.7 Å². The van der Waals surface area contributed by atoms with E-state index in [0.29, 0.717) is 18.9 Å². The minimum Gasteiger partial charge on any atom is -0.388 e. The maximum atomic E-state index is 12.1. The fraction of sp³-hybridized carbons (Fsp3) is 0.750. The van der Waals surface area contributed by atoms with Gasteiger partial charge in [0, 0.05) is 24.3 Å². The lowest BCUT2D eigenvalue weighted by molar-refractivity contribution is -0.122. The van der Waals surface area contributed by atoms with Gasteiger partial charge in [0.25, 0.3) is 0 Å². The Hall–Kier alpha value is -1.36. The van der Waals surface area contributed by atoms with Gasteiger partial charge in [0.1, 0.15) is 0 Å². The summed E-state index contributed by atoms with van der Waals surface area (Å²) in [6.07, 6.45) is 2.97. The van der Waals surface area contributed by atoms with Crippen molar-refractivity contribution in [2.45, 2.75) is 65.5 Å². The third-order valence-corrected chi connectivity index (χ3v) is 4.31. The predicted octanol–water partition coefficient (Wildman–Crippen LogP) is 1.73. The number of nitrogens with one attached hydrogen (secondary N) is 1. The SMILES string of the molecule is Cc1nn(CC(C)C)c(C)c1CC(=O)NCC1(O)CCC1. The van der Waals surface area contributed by atoms with Crippen molar-refractivity contribution < 1.29 is 9.90 Å². The molecule has 0 bridgehead atoms. The monoisotopic (exact) mass is 293 g/mol. The molecule has 1 saturated carbocycles. The van der Waals surface area contributed by atoms with Gasteiger partial charge in [-0.2, -0.15) is 5.10 Å². The van der Waals surface area contributed by atoms with Crippen LogP contribution in [0, 0.1) is 19.8 Å². The number of aromatic nitrogens is 2. The van der Waals surface area contributed by atoms with E-state index >= 15 is 0 Å². The van der Waals surface area contributed by atoms with Gasteiger partial charge in [-0.05, 0) is 39.0 Å². The average Bonchev–Trinajstić information content (AvgIpc) is 2.61. The molecule has 0 radical (unpaired) electrons. The van der Waals surface area contributed by atoms with Crippen LogP contribution >= 0.6 is 0 Å². The molecule has 2 rings (SSSR count). The average molecular weight is 293 g/mol. The first-order chi connectivity index (χ1) is 9.81. The van der Waals surface area contributed by atoms with Gasteiger partial charge in [-0.15, -0.1) is 0 Å². The van der Waals surface area contributed by atoms with E-state index in [0.717, 1.165) is 42.8 Å². The fourth-order valence-corrected chi connectivity index (χ4v) is 2.76. The molecule has 21 heavy (non-hydrogen) atoms. The second-order valence-electron chi connectivity index (χ2n) is 6.76. The summed E-state index contributed by atoms with van der Waals surface area (Å²) in [7, 11) is 0. The smallest absolute Gasteiger partial charge is 0.224 e. The van der Waals surface area contributed by atoms with Crippen LogP contribution in [0.1, 0.15) is 50.1 Å². The van der Waals surface area contributed by atoms with Crippen LogP contribution in [0.2, 0.25) is 0 Å². The molecule has 1 aromatic rings. The summed E-state index contributed by atoms with van der Waals surface area (Å²) in [5.41, 5.74) is 2.33. The Morgan fingerprint density at radius 1 is 1.43 bits per heavy atom. The Labute approximate surface area is 126 Å². The molecule has 2 N–H and O–H groups in total. The van der Waals surface area contributed by atoms with Gasteiger partial charge < -0.3 is 10.4 Å². The first kappa shape index (κ1) is 16.0. The molecule has 1 amide bonds. The highest BCUT2D eigenvalue weighted by Gasteiger charge is 2.34.